The Kier molecular flexibility index (Phi) is 4.74. The van der Waals surface area contributed by atoms with Crippen LogP contribution in [0.2, 0.25) is 0 Å². The van der Waals surface area contributed by atoms with Gasteiger partial charge < -0.3 is 10.1 Å². The van der Waals surface area contributed by atoms with E-state index in [0.29, 0.717) is 16.8 Å². The molecule has 0 bridgehead atoms. The number of hydrogen-bond acceptors (Lipinski definition) is 2. The van der Waals surface area contributed by atoms with Crippen molar-refractivity contribution in [2.45, 2.75) is 5.33 Å². The number of benzene rings is 2. The summed E-state index contributed by atoms with van der Waals surface area (Å²) in [7, 11) is 1.45. The first-order chi connectivity index (χ1) is 9.65. The van der Waals surface area contributed by atoms with Crippen LogP contribution in [0.25, 0.3) is 0 Å². The molecule has 0 unspecified atom stereocenters. The lowest BCUT2D eigenvalue weighted by Gasteiger charge is -2.10. The molecule has 0 fully saturated rings. The maximum Gasteiger partial charge on any atom is 0.258 e. The number of methoxy groups -OCH3 is 1. The number of para-hydroxylation sites is 1. The third-order valence-electron chi connectivity index (χ3n) is 2.83. The lowest BCUT2D eigenvalue weighted by atomic mass is 10.1. The van der Waals surface area contributed by atoms with Gasteiger partial charge in [-0.1, -0.05) is 34.1 Å². The molecule has 2 aromatic carbocycles. The maximum atomic E-state index is 13.8. The fraction of sp³-hybridized carbons (Fsp3) is 0.133. The molecule has 0 aliphatic heterocycles. The summed E-state index contributed by atoms with van der Waals surface area (Å²) in [6.07, 6.45) is 0. The zero-order valence-corrected chi connectivity index (χ0v) is 12.4. The van der Waals surface area contributed by atoms with Gasteiger partial charge in [-0.15, -0.1) is 0 Å². The standard InChI is InChI=1S/C15H13BrFNO2/c1-20-11-6-7-12(13(17)8-11)15(19)18-14-5-3-2-4-10(14)9-16/h2-8H,9H2,1H3,(H,18,19). The highest BCUT2D eigenvalue weighted by molar-refractivity contribution is 9.08. The number of rotatable bonds is 4. The molecule has 0 spiro atoms. The van der Waals surface area contributed by atoms with Crippen LogP contribution in [0.3, 0.4) is 0 Å². The van der Waals surface area contributed by atoms with E-state index in [0.717, 1.165) is 5.56 Å². The third kappa shape index (κ3) is 3.17. The largest absolute Gasteiger partial charge is 0.497 e. The van der Waals surface area contributed by atoms with Crippen molar-refractivity contribution >= 4 is 27.5 Å². The van der Waals surface area contributed by atoms with E-state index in [1.165, 1.54) is 19.2 Å². The van der Waals surface area contributed by atoms with Crippen LogP contribution in [-0.2, 0) is 5.33 Å². The molecule has 104 valence electrons. The Hall–Kier alpha value is -1.88. The quantitative estimate of drug-likeness (QED) is 0.857. The summed E-state index contributed by atoms with van der Waals surface area (Å²) in [6, 6.07) is 11.5. The molecule has 3 nitrogen and oxygen atoms in total. The summed E-state index contributed by atoms with van der Waals surface area (Å²) >= 11 is 3.35. The number of carbonyl (C=O) groups is 1. The van der Waals surface area contributed by atoms with E-state index in [9.17, 15) is 9.18 Å². The number of ether oxygens (including phenoxy) is 1. The summed E-state index contributed by atoms with van der Waals surface area (Å²) in [5.74, 6) is -0.725. The smallest absolute Gasteiger partial charge is 0.258 e. The topological polar surface area (TPSA) is 38.3 Å². The Morgan fingerprint density at radius 3 is 2.70 bits per heavy atom. The third-order valence-corrected chi connectivity index (χ3v) is 3.43. The average molecular weight is 338 g/mol. The lowest BCUT2D eigenvalue weighted by molar-refractivity contribution is 0.102. The van der Waals surface area contributed by atoms with Gasteiger partial charge in [-0.2, -0.15) is 0 Å². The van der Waals surface area contributed by atoms with Crippen LogP contribution in [0.1, 0.15) is 15.9 Å². The summed E-state index contributed by atoms with van der Waals surface area (Å²) in [4.78, 5) is 12.1. The second-order valence-electron chi connectivity index (χ2n) is 4.09. The van der Waals surface area contributed by atoms with Crippen molar-refractivity contribution in [2.75, 3.05) is 12.4 Å². The minimum Gasteiger partial charge on any atom is -0.497 e. The summed E-state index contributed by atoms with van der Waals surface area (Å²) in [5.41, 5.74) is 1.56. The molecule has 0 saturated carbocycles. The van der Waals surface area contributed by atoms with E-state index in [4.69, 9.17) is 4.74 Å². The molecule has 0 aliphatic carbocycles. The molecule has 0 aliphatic rings. The SMILES string of the molecule is COc1ccc(C(=O)Nc2ccccc2CBr)c(F)c1. The number of carbonyl (C=O) groups excluding carboxylic acids is 1. The van der Waals surface area contributed by atoms with Gasteiger partial charge in [0.15, 0.2) is 0 Å². The van der Waals surface area contributed by atoms with Crippen LogP contribution in [-0.4, -0.2) is 13.0 Å². The van der Waals surface area contributed by atoms with Crippen LogP contribution >= 0.6 is 15.9 Å². The van der Waals surface area contributed by atoms with Crippen molar-refractivity contribution in [1.29, 1.82) is 0 Å². The minimum absolute atomic E-state index is 0.0184. The highest BCUT2D eigenvalue weighted by Crippen LogP contribution is 2.21. The first-order valence-electron chi connectivity index (χ1n) is 5.94. The van der Waals surface area contributed by atoms with Crippen LogP contribution < -0.4 is 10.1 Å². The molecule has 2 rings (SSSR count). The lowest BCUT2D eigenvalue weighted by Crippen LogP contribution is -2.14. The molecule has 0 heterocycles. The van der Waals surface area contributed by atoms with Crippen LogP contribution in [0.4, 0.5) is 10.1 Å². The van der Waals surface area contributed by atoms with Crippen molar-refractivity contribution in [3.8, 4) is 5.75 Å². The predicted octanol–water partition coefficient (Wildman–Crippen LogP) is 3.98. The zero-order chi connectivity index (χ0) is 14.5. The Morgan fingerprint density at radius 1 is 1.30 bits per heavy atom. The summed E-state index contributed by atoms with van der Waals surface area (Å²) in [5, 5.41) is 3.31. The number of nitrogens with one attached hydrogen (secondary N) is 1. The van der Waals surface area contributed by atoms with E-state index in [2.05, 4.69) is 21.2 Å². The normalized spacial score (nSPS) is 10.2. The van der Waals surface area contributed by atoms with E-state index < -0.39 is 11.7 Å². The Morgan fingerprint density at radius 2 is 2.05 bits per heavy atom. The molecule has 0 atom stereocenters. The molecule has 1 N–H and O–H groups in total. The van der Waals surface area contributed by atoms with Gasteiger partial charge in [-0.05, 0) is 23.8 Å². The minimum atomic E-state index is -0.613. The second-order valence-corrected chi connectivity index (χ2v) is 4.65. The van der Waals surface area contributed by atoms with Gasteiger partial charge in [0, 0.05) is 17.1 Å². The Bertz CT molecular complexity index is 631. The first kappa shape index (κ1) is 14.5. The zero-order valence-electron chi connectivity index (χ0n) is 10.8. The van der Waals surface area contributed by atoms with Crippen molar-refractivity contribution in [2.24, 2.45) is 0 Å². The van der Waals surface area contributed by atoms with Gasteiger partial charge in [0.25, 0.3) is 5.91 Å². The van der Waals surface area contributed by atoms with Crippen molar-refractivity contribution in [3.63, 3.8) is 0 Å². The molecule has 0 aromatic heterocycles. The number of amides is 1. The van der Waals surface area contributed by atoms with Gasteiger partial charge in [-0.25, -0.2) is 4.39 Å². The first-order valence-corrected chi connectivity index (χ1v) is 7.06. The van der Waals surface area contributed by atoms with E-state index in [1.807, 2.05) is 18.2 Å². The summed E-state index contributed by atoms with van der Waals surface area (Å²) in [6.45, 7) is 0. The number of halogens is 2. The molecular formula is C15H13BrFNO2. The highest BCUT2D eigenvalue weighted by atomic mass is 79.9. The monoisotopic (exact) mass is 337 g/mol. The molecule has 5 heteroatoms. The highest BCUT2D eigenvalue weighted by Gasteiger charge is 2.13. The Labute approximate surface area is 124 Å². The van der Waals surface area contributed by atoms with Gasteiger partial charge in [0.05, 0.1) is 12.7 Å². The molecule has 20 heavy (non-hydrogen) atoms. The van der Waals surface area contributed by atoms with E-state index in [-0.39, 0.29) is 5.56 Å². The summed E-state index contributed by atoms with van der Waals surface area (Å²) < 4.78 is 18.7. The molecule has 2 aromatic rings. The predicted molar refractivity (Wildman–Crippen MR) is 80.0 cm³/mol. The number of alkyl halides is 1. The molecule has 0 saturated heterocycles. The maximum absolute atomic E-state index is 13.8. The fourth-order valence-corrected chi connectivity index (χ4v) is 2.24. The van der Waals surface area contributed by atoms with Crippen LogP contribution in [0.5, 0.6) is 5.75 Å². The number of anilines is 1. The van der Waals surface area contributed by atoms with Gasteiger partial charge >= 0.3 is 0 Å². The average Bonchev–Trinajstić information content (AvgIpc) is 2.47. The van der Waals surface area contributed by atoms with Gasteiger partial charge in [-0.3, -0.25) is 4.79 Å². The Balaban J connectivity index is 2.24. The fourth-order valence-electron chi connectivity index (χ4n) is 1.76. The van der Waals surface area contributed by atoms with Crippen LogP contribution in [0, 0.1) is 5.82 Å². The molecule has 0 radical (unpaired) electrons. The van der Waals surface area contributed by atoms with Gasteiger partial charge in [0.2, 0.25) is 0 Å². The van der Waals surface area contributed by atoms with E-state index >= 15 is 0 Å². The van der Waals surface area contributed by atoms with Crippen molar-refractivity contribution in [3.05, 3.63) is 59.4 Å². The van der Waals surface area contributed by atoms with Crippen molar-refractivity contribution < 1.29 is 13.9 Å². The molecule has 1 amide bonds. The van der Waals surface area contributed by atoms with E-state index in [1.54, 1.807) is 12.1 Å². The van der Waals surface area contributed by atoms with Crippen molar-refractivity contribution in [1.82, 2.24) is 0 Å². The number of hydrogen-bond donors (Lipinski definition) is 1. The molecular weight excluding hydrogens is 325 g/mol. The van der Waals surface area contributed by atoms with Gasteiger partial charge in [0.1, 0.15) is 11.6 Å². The van der Waals surface area contributed by atoms with Crippen LogP contribution in [0.15, 0.2) is 42.5 Å². The second kappa shape index (κ2) is 6.52.